The molecule has 1 aromatic carbocycles. The third-order valence-corrected chi connectivity index (χ3v) is 2.72. The van der Waals surface area contributed by atoms with Crippen LogP contribution in [0.1, 0.15) is 11.7 Å². The molecule has 0 aliphatic heterocycles. The van der Waals surface area contributed by atoms with Crippen LogP contribution < -0.4 is 0 Å². The van der Waals surface area contributed by atoms with Crippen molar-refractivity contribution in [1.29, 1.82) is 0 Å². The molecule has 1 aromatic rings. The highest BCUT2D eigenvalue weighted by Crippen LogP contribution is 2.19. The molecule has 0 radical (unpaired) electrons. The Balaban J connectivity index is 2.77. The first-order chi connectivity index (χ1) is 6.15. The fourth-order valence-corrected chi connectivity index (χ4v) is 1.48. The number of hydrogen-bond acceptors (Lipinski definition) is 3. The number of benzene rings is 1. The van der Waals surface area contributed by atoms with Gasteiger partial charge in [0.2, 0.25) is 0 Å². The molecular weight excluding hydrogens is 252 g/mol. The van der Waals surface area contributed by atoms with Crippen LogP contribution >= 0.6 is 28.6 Å². The molecule has 0 spiro atoms. The van der Waals surface area contributed by atoms with Crippen molar-refractivity contribution >= 4 is 28.6 Å². The summed E-state index contributed by atoms with van der Waals surface area (Å²) in [5.74, 6) is 0. The lowest BCUT2D eigenvalue weighted by molar-refractivity contribution is 0.0342. The maximum atomic E-state index is 9.57. The van der Waals surface area contributed by atoms with E-state index in [1.165, 1.54) is 0 Å². The molecule has 2 N–H and O–H groups in total. The van der Waals surface area contributed by atoms with E-state index < -0.39 is 12.2 Å². The van der Waals surface area contributed by atoms with Gasteiger partial charge in [0.25, 0.3) is 0 Å². The normalized spacial score (nSPS) is 15.4. The van der Waals surface area contributed by atoms with Crippen molar-refractivity contribution in [2.45, 2.75) is 17.1 Å². The summed E-state index contributed by atoms with van der Waals surface area (Å²) in [6, 6.07) is 7.06. The molecule has 0 aliphatic rings. The standard InChI is InChI=1S/C9H11BrO2S/c10-5-8(11)9(12)6-1-3-7(13)4-2-6/h1-4,8-9,11-13H,5H2. The van der Waals surface area contributed by atoms with Gasteiger partial charge in [-0.05, 0) is 17.7 Å². The molecule has 1 rings (SSSR count). The van der Waals surface area contributed by atoms with Crippen LogP contribution in [0.2, 0.25) is 0 Å². The summed E-state index contributed by atoms with van der Waals surface area (Å²) in [6.07, 6.45) is -1.61. The Morgan fingerprint density at radius 1 is 1.23 bits per heavy atom. The number of rotatable bonds is 3. The van der Waals surface area contributed by atoms with E-state index >= 15 is 0 Å². The zero-order valence-corrected chi connectivity index (χ0v) is 9.37. The van der Waals surface area contributed by atoms with E-state index in [0.29, 0.717) is 10.9 Å². The van der Waals surface area contributed by atoms with Crippen LogP contribution in [0.4, 0.5) is 0 Å². The minimum atomic E-state index is -0.840. The van der Waals surface area contributed by atoms with Crippen molar-refractivity contribution < 1.29 is 10.2 Å². The van der Waals surface area contributed by atoms with Gasteiger partial charge in [0.15, 0.2) is 0 Å². The highest BCUT2D eigenvalue weighted by atomic mass is 79.9. The minimum absolute atomic E-state index is 0.358. The van der Waals surface area contributed by atoms with Crippen molar-refractivity contribution in [2.75, 3.05) is 5.33 Å². The summed E-state index contributed by atoms with van der Waals surface area (Å²) in [6.45, 7) is 0. The van der Waals surface area contributed by atoms with Gasteiger partial charge in [-0.3, -0.25) is 0 Å². The summed E-state index contributed by atoms with van der Waals surface area (Å²) in [5, 5.41) is 19.3. The van der Waals surface area contributed by atoms with Gasteiger partial charge in [0, 0.05) is 10.2 Å². The van der Waals surface area contributed by atoms with E-state index in [1.807, 2.05) is 0 Å². The Bertz CT molecular complexity index is 263. The van der Waals surface area contributed by atoms with Gasteiger partial charge in [-0.2, -0.15) is 0 Å². The summed E-state index contributed by atoms with van der Waals surface area (Å²) >= 11 is 7.22. The second kappa shape index (κ2) is 5.00. The predicted octanol–water partition coefficient (Wildman–Crippen LogP) is 1.76. The molecule has 2 nitrogen and oxygen atoms in total. The Morgan fingerprint density at radius 2 is 1.77 bits per heavy atom. The molecule has 2 unspecified atom stereocenters. The van der Waals surface area contributed by atoms with Gasteiger partial charge in [0.1, 0.15) is 6.10 Å². The minimum Gasteiger partial charge on any atom is -0.389 e. The molecule has 13 heavy (non-hydrogen) atoms. The Labute approximate surface area is 91.1 Å². The summed E-state index contributed by atoms with van der Waals surface area (Å²) in [4.78, 5) is 0.837. The van der Waals surface area contributed by atoms with Gasteiger partial charge in [-0.15, -0.1) is 12.6 Å². The molecule has 0 fully saturated rings. The van der Waals surface area contributed by atoms with Crippen LogP contribution in [0.25, 0.3) is 0 Å². The Morgan fingerprint density at radius 3 is 2.23 bits per heavy atom. The van der Waals surface area contributed by atoms with Crippen molar-refractivity contribution in [1.82, 2.24) is 0 Å². The topological polar surface area (TPSA) is 40.5 Å². The molecular formula is C9H11BrO2S. The Kier molecular flexibility index (Phi) is 4.25. The van der Waals surface area contributed by atoms with Gasteiger partial charge < -0.3 is 10.2 Å². The first-order valence-electron chi connectivity index (χ1n) is 3.86. The van der Waals surface area contributed by atoms with E-state index in [2.05, 4.69) is 28.6 Å². The average Bonchev–Trinajstić information content (AvgIpc) is 2.17. The van der Waals surface area contributed by atoms with Crippen LogP contribution in [0.3, 0.4) is 0 Å². The van der Waals surface area contributed by atoms with Crippen molar-refractivity contribution in [3.05, 3.63) is 29.8 Å². The zero-order valence-electron chi connectivity index (χ0n) is 6.89. The molecule has 4 heteroatoms. The molecule has 0 aliphatic carbocycles. The molecule has 0 saturated carbocycles. The SMILES string of the molecule is OC(CBr)C(O)c1ccc(S)cc1. The van der Waals surface area contributed by atoms with Crippen LogP contribution in [0.15, 0.2) is 29.2 Å². The molecule has 0 bridgehead atoms. The third-order valence-electron chi connectivity index (χ3n) is 1.76. The van der Waals surface area contributed by atoms with Crippen LogP contribution in [0.5, 0.6) is 0 Å². The van der Waals surface area contributed by atoms with E-state index in [4.69, 9.17) is 0 Å². The van der Waals surface area contributed by atoms with Crippen molar-refractivity contribution in [3.63, 3.8) is 0 Å². The lowest BCUT2D eigenvalue weighted by Gasteiger charge is -2.15. The number of hydrogen-bond donors (Lipinski definition) is 3. The van der Waals surface area contributed by atoms with Gasteiger partial charge in [-0.25, -0.2) is 0 Å². The van der Waals surface area contributed by atoms with Gasteiger partial charge in [0.05, 0.1) is 6.10 Å². The van der Waals surface area contributed by atoms with Crippen LogP contribution in [-0.2, 0) is 0 Å². The second-order valence-electron chi connectivity index (χ2n) is 2.76. The lowest BCUT2D eigenvalue weighted by atomic mass is 10.1. The van der Waals surface area contributed by atoms with Crippen LogP contribution in [-0.4, -0.2) is 21.6 Å². The third kappa shape index (κ3) is 2.98. The molecule has 2 atom stereocenters. The maximum Gasteiger partial charge on any atom is 0.106 e. The summed E-state index contributed by atoms with van der Waals surface area (Å²) in [7, 11) is 0. The van der Waals surface area contributed by atoms with Crippen molar-refractivity contribution in [2.24, 2.45) is 0 Å². The summed E-state index contributed by atoms with van der Waals surface area (Å²) < 4.78 is 0. The quantitative estimate of drug-likeness (QED) is 0.574. The highest BCUT2D eigenvalue weighted by molar-refractivity contribution is 9.09. The summed E-state index contributed by atoms with van der Waals surface area (Å²) in [5.41, 5.74) is 0.699. The fourth-order valence-electron chi connectivity index (χ4n) is 0.978. The van der Waals surface area contributed by atoms with E-state index in [0.717, 1.165) is 4.90 Å². The van der Waals surface area contributed by atoms with E-state index in [-0.39, 0.29) is 0 Å². The van der Waals surface area contributed by atoms with Crippen molar-refractivity contribution in [3.8, 4) is 0 Å². The molecule has 0 amide bonds. The first-order valence-corrected chi connectivity index (χ1v) is 5.43. The molecule has 0 aromatic heterocycles. The zero-order chi connectivity index (χ0) is 9.84. The fraction of sp³-hybridized carbons (Fsp3) is 0.333. The number of halogens is 1. The largest absolute Gasteiger partial charge is 0.389 e. The Hall–Kier alpha value is -0.0300. The predicted molar refractivity (Wildman–Crippen MR) is 58.5 cm³/mol. The van der Waals surface area contributed by atoms with Gasteiger partial charge in [-0.1, -0.05) is 28.1 Å². The highest BCUT2D eigenvalue weighted by Gasteiger charge is 2.16. The lowest BCUT2D eigenvalue weighted by Crippen LogP contribution is -2.19. The van der Waals surface area contributed by atoms with Crippen LogP contribution in [0, 0.1) is 0 Å². The first kappa shape index (κ1) is 11.0. The molecule has 0 saturated heterocycles. The van der Waals surface area contributed by atoms with Gasteiger partial charge >= 0.3 is 0 Å². The maximum absolute atomic E-state index is 9.57. The monoisotopic (exact) mass is 262 g/mol. The molecule has 72 valence electrons. The number of alkyl halides is 1. The van der Waals surface area contributed by atoms with E-state index in [1.54, 1.807) is 24.3 Å². The second-order valence-corrected chi connectivity index (χ2v) is 3.92. The average molecular weight is 263 g/mol. The smallest absolute Gasteiger partial charge is 0.106 e. The number of aliphatic hydroxyl groups is 2. The number of thiol groups is 1. The number of aliphatic hydroxyl groups excluding tert-OH is 2. The van der Waals surface area contributed by atoms with E-state index in [9.17, 15) is 10.2 Å². The molecule has 0 heterocycles.